The normalized spacial score (nSPS) is 12.3. The van der Waals surface area contributed by atoms with E-state index in [1.54, 1.807) is 24.3 Å². The van der Waals surface area contributed by atoms with Crippen molar-refractivity contribution in [2.75, 3.05) is 0 Å². The average Bonchev–Trinajstić information content (AvgIpc) is 2.94. The van der Waals surface area contributed by atoms with Crippen LogP contribution in [0, 0.1) is 17.5 Å². The van der Waals surface area contributed by atoms with Gasteiger partial charge in [-0.05, 0) is 5.39 Å². The first kappa shape index (κ1) is 12.5. The van der Waals surface area contributed by atoms with Crippen molar-refractivity contribution in [3.05, 3.63) is 58.4 Å². The zero-order valence-corrected chi connectivity index (χ0v) is 11.2. The largest absolute Gasteiger partial charge is 0.519 e. The van der Waals surface area contributed by atoms with Crippen molar-refractivity contribution in [2.45, 2.75) is 0 Å². The lowest BCUT2D eigenvalue weighted by molar-refractivity contribution is 0.410. The van der Waals surface area contributed by atoms with Crippen LogP contribution >= 0.6 is 0 Å². The second-order valence-corrected chi connectivity index (χ2v) is 5.32. The highest BCUT2D eigenvalue weighted by molar-refractivity contribution is 6.31. The Morgan fingerprint density at radius 2 is 1.48 bits per heavy atom. The molecule has 0 aliphatic carbocycles. The maximum atomic E-state index is 14.4. The molecule has 0 N–H and O–H groups in total. The van der Waals surface area contributed by atoms with E-state index in [0.717, 1.165) is 0 Å². The van der Waals surface area contributed by atoms with Gasteiger partial charge in [-0.2, -0.15) is 0 Å². The van der Waals surface area contributed by atoms with E-state index in [4.69, 9.17) is 8.83 Å². The second kappa shape index (κ2) is 3.84. The summed E-state index contributed by atoms with van der Waals surface area (Å²) < 4.78 is 52.4. The molecule has 0 fully saturated rings. The van der Waals surface area contributed by atoms with Crippen molar-refractivity contribution in [2.24, 2.45) is 0 Å². The molecule has 0 amide bonds. The van der Waals surface area contributed by atoms with Crippen molar-refractivity contribution in [1.29, 1.82) is 0 Å². The lowest BCUT2D eigenvalue weighted by Crippen LogP contribution is -1.97. The SMILES string of the molecule is O=c1oc2c3cccc4ccc5c(F)c(F)c(F)c(c2o1)c5c43. The third-order valence-electron chi connectivity index (χ3n) is 4.19. The smallest absolute Gasteiger partial charge is 0.390 e. The molecule has 3 nitrogen and oxygen atoms in total. The summed E-state index contributed by atoms with van der Waals surface area (Å²) in [7, 11) is 0. The Bertz CT molecular complexity index is 1310. The molecule has 0 spiro atoms. The Labute approximate surface area is 124 Å². The van der Waals surface area contributed by atoms with Crippen LogP contribution in [0.2, 0.25) is 0 Å². The summed E-state index contributed by atoms with van der Waals surface area (Å²) in [5, 5.41) is 1.47. The summed E-state index contributed by atoms with van der Waals surface area (Å²) in [5.41, 5.74) is -0.201. The van der Waals surface area contributed by atoms with Crippen LogP contribution in [0.3, 0.4) is 0 Å². The molecule has 0 bridgehead atoms. The molecule has 5 rings (SSSR count). The number of halogens is 3. The highest BCUT2D eigenvalue weighted by atomic mass is 19.2. The maximum Gasteiger partial charge on any atom is 0.519 e. The first-order valence-corrected chi connectivity index (χ1v) is 6.74. The van der Waals surface area contributed by atoms with Crippen molar-refractivity contribution < 1.29 is 22.0 Å². The molecule has 0 aliphatic heterocycles. The Morgan fingerprint density at radius 1 is 0.696 bits per heavy atom. The van der Waals surface area contributed by atoms with Crippen LogP contribution in [0.1, 0.15) is 0 Å². The molecule has 23 heavy (non-hydrogen) atoms. The van der Waals surface area contributed by atoms with E-state index in [2.05, 4.69) is 0 Å². The average molecular weight is 314 g/mol. The van der Waals surface area contributed by atoms with E-state index >= 15 is 0 Å². The molecular formula is C17H5F3O3. The standard InChI is InChI=1S/C17H5F3O3/c18-12-7-5-4-6-2-1-3-8-9(6)10(7)11(13(19)14(12)20)16-15(8)22-17(21)23-16/h1-5H. The quantitative estimate of drug-likeness (QED) is 0.307. The van der Waals surface area contributed by atoms with Gasteiger partial charge in [0.1, 0.15) is 0 Å². The lowest BCUT2D eigenvalue weighted by Gasteiger charge is -2.12. The Hall–Kier alpha value is -3.02. The predicted octanol–water partition coefficient (Wildman–Crippen LogP) is 4.70. The van der Waals surface area contributed by atoms with Gasteiger partial charge in [-0.1, -0.05) is 30.3 Å². The minimum Gasteiger partial charge on any atom is -0.390 e. The van der Waals surface area contributed by atoms with Crippen LogP contribution in [-0.4, -0.2) is 0 Å². The van der Waals surface area contributed by atoms with Gasteiger partial charge in [-0.25, -0.2) is 18.0 Å². The molecule has 6 heteroatoms. The topological polar surface area (TPSA) is 43.4 Å². The van der Waals surface area contributed by atoms with Gasteiger partial charge in [0.15, 0.2) is 28.6 Å². The van der Waals surface area contributed by atoms with Gasteiger partial charge in [0.2, 0.25) is 0 Å². The molecule has 0 saturated heterocycles. The van der Waals surface area contributed by atoms with Gasteiger partial charge in [-0.3, -0.25) is 0 Å². The molecule has 0 unspecified atom stereocenters. The highest BCUT2D eigenvalue weighted by Crippen LogP contribution is 2.42. The molecule has 5 aromatic rings. The van der Waals surface area contributed by atoms with Gasteiger partial charge in [0, 0.05) is 21.5 Å². The third kappa shape index (κ3) is 1.34. The molecule has 0 aliphatic rings. The summed E-state index contributed by atoms with van der Waals surface area (Å²) >= 11 is 0. The zero-order chi connectivity index (χ0) is 15.9. The van der Waals surface area contributed by atoms with E-state index < -0.39 is 23.3 Å². The molecular weight excluding hydrogens is 309 g/mol. The molecule has 0 saturated carbocycles. The van der Waals surface area contributed by atoms with E-state index in [1.165, 1.54) is 6.07 Å². The molecule has 1 heterocycles. The number of hydrogen-bond donors (Lipinski definition) is 0. The van der Waals surface area contributed by atoms with Crippen LogP contribution in [0.15, 0.2) is 44.0 Å². The molecule has 1 aromatic heterocycles. The fraction of sp³-hybridized carbons (Fsp3) is 0. The lowest BCUT2D eigenvalue weighted by atomic mass is 9.93. The summed E-state index contributed by atoms with van der Waals surface area (Å²) in [6.45, 7) is 0. The van der Waals surface area contributed by atoms with Crippen LogP contribution in [0.25, 0.3) is 43.5 Å². The highest BCUT2D eigenvalue weighted by Gasteiger charge is 2.26. The predicted molar refractivity (Wildman–Crippen MR) is 78.3 cm³/mol. The van der Waals surface area contributed by atoms with E-state index in [0.29, 0.717) is 16.2 Å². The number of hydrogen-bond acceptors (Lipinski definition) is 3. The Kier molecular flexibility index (Phi) is 2.09. The zero-order valence-electron chi connectivity index (χ0n) is 11.2. The molecule has 4 aromatic carbocycles. The minimum atomic E-state index is -1.61. The van der Waals surface area contributed by atoms with Crippen LogP contribution in [0.4, 0.5) is 13.2 Å². The fourth-order valence-corrected chi connectivity index (χ4v) is 3.28. The van der Waals surface area contributed by atoms with E-state index in [1.807, 2.05) is 0 Å². The Balaban J connectivity index is 2.35. The first-order chi connectivity index (χ1) is 11.1. The summed E-state index contributed by atoms with van der Waals surface area (Å²) in [6, 6.07) is 8.12. The van der Waals surface area contributed by atoms with E-state index in [-0.39, 0.29) is 27.3 Å². The van der Waals surface area contributed by atoms with Crippen molar-refractivity contribution in [3.8, 4) is 0 Å². The third-order valence-corrected chi connectivity index (χ3v) is 4.19. The second-order valence-electron chi connectivity index (χ2n) is 5.32. The molecule has 112 valence electrons. The van der Waals surface area contributed by atoms with Crippen molar-refractivity contribution in [1.82, 2.24) is 0 Å². The monoisotopic (exact) mass is 314 g/mol. The first-order valence-electron chi connectivity index (χ1n) is 6.74. The minimum absolute atomic E-state index is 0.0190. The van der Waals surface area contributed by atoms with Gasteiger partial charge in [-0.15, -0.1) is 0 Å². The summed E-state index contributed by atoms with van der Waals surface area (Å²) in [5.74, 6) is -5.31. The number of fused-ring (bicyclic) bond motifs is 3. The summed E-state index contributed by atoms with van der Waals surface area (Å²) in [6.07, 6.45) is 0. The maximum absolute atomic E-state index is 14.4. The summed E-state index contributed by atoms with van der Waals surface area (Å²) in [4.78, 5) is 11.5. The van der Waals surface area contributed by atoms with Crippen LogP contribution in [-0.2, 0) is 0 Å². The van der Waals surface area contributed by atoms with Gasteiger partial charge in [0.25, 0.3) is 0 Å². The number of benzene rings is 4. The van der Waals surface area contributed by atoms with Gasteiger partial charge < -0.3 is 8.83 Å². The molecule has 0 radical (unpaired) electrons. The van der Waals surface area contributed by atoms with Crippen LogP contribution in [0.5, 0.6) is 0 Å². The van der Waals surface area contributed by atoms with Gasteiger partial charge >= 0.3 is 5.82 Å². The van der Waals surface area contributed by atoms with Crippen LogP contribution < -0.4 is 5.82 Å². The van der Waals surface area contributed by atoms with Gasteiger partial charge in [0.05, 0.1) is 5.39 Å². The number of rotatable bonds is 0. The van der Waals surface area contributed by atoms with Crippen molar-refractivity contribution >= 4 is 43.5 Å². The Morgan fingerprint density at radius 3 is 2.30 bits per heavy atom. The van der Waals surface area contributed by atoms with E-state index in [9.17, 15) is 18.0 Å². The van der Waals surface area contributed by atoms with Crippen molar-refractivity contribution in [3.63, 3.8) is 0 Å². The fourth-order valence-electron chi connectivity index (χ4n) is 3.28. The molecule has 0 atom stereocenters.